The van der Waals surface area contributed by atoms with E-state index >= 15 is 0 Å². The van der Waals surface area contributed by atoms with E-state index in [0.717, 1.165) is 12.1 Å². The largest absolute Gasteiger partial charge is 0.399 e. The average molecular weight is 261 g/mol. The Bertz CT molecular complexity index is 674. The number of H-pyrrole nitrogens is 1. The van der Waals surface area contributed by atoms with Gasteiger partial charge in [0.15, 0.2) is 5.43 Å². The van der Waals surface area contributed by atoms with E-state index in [0.29, 0.717) is 5.69 Å². The number of aromatic amines is 1. The fourth-order valence-corrected chi connectivity index (χ4v) is 1.63. The molecule has 1 heterocycles. The summed E-state index contributed by atoms with van der Waals surface area (Å²) >= 11 is 0. The van der Waals surface area contributed by atoms with Crippen molar-refractivity contribution in [1.29, 1.82) is 0 Å². The van der Waals surface area contributed by atoms with Crippen LogP contribution in [0.1, 0.15) is 16.1 Å². The zero-order valence-electron chi connectivity index (χ0n) is 10.2. The third-order valence-electron chi connectivity index (χ3n) is 2.48. The molecule has 1 amide bonds. The van der Waals surface area contributed by atoms with Crippen molar-refractivity contribution in [2.75, 3.05) is 11.1 Å². The molecule has 0 unspecified atom stereocenters. The van der Waals surface area contributed by atoms with Crippen LogP contribution in [0.4, 0.5) is 15.8 Å². The summed E-state index contributed by atoms with van der Waals surface area (Å²) in [4.78, 5) is 26.3. The fourth-order valence-electron chi connectivity index (χ4n) is 1.63. The molecule has 98 valence electrons. The highest BCUT2D eigenvalue weighted by atomic mass is 19.1. The van der Waals surface area contributed by atoms with Gasteiger partial charge in [-0.15, -0.1) is 0 Å². The number of hydrogen-bond donors (Lipinski definition) is 3. The molecular weight excluding hydrogens is 249 g/mol. The van der Waals surface area contributed by atoms with Crippen molar-refractivity contribution in [2.24, 2.45) is 0 Å². The van der Waals surface area contributed by atoms with E-state index in [1.807, 2.05) is 0 Å². The quantitative estimate of drug-likeness (QED) is 0.718. The van der Waals surface area contributed by atoms with Crippen LogP contribution in [0, 0.1) is 12.7 Å². The highest BCUT2D eigenvalue weighted by Gasteiger charge is 2.11. The molecule has 0 saturated carbocycles. The second kappa shape index (κ2) is 4.93. The molecule has 0 aliphatic carbocycles. The Kier molecular flexibility index (Phi) is 3.33. The monoisotopic (exact) mass is 261 g/mol. The fraction of sp³-hybridized carbons (Fsp3) is 0.0769. The van der Waals surface area contributed by atoms with Crippen molar-refractivity contribution in [3.05, 3.63) is 57.8 Å². The minimum Gasteiger partial charge on any atom is -0.399 e. The normalized spacial score (nSPS) is 10.2. The van der Waals surface area contributed by atoms with E-state index in [1.54, 1.807) is 6.92 Å². The molecule has 0 atom stereocenters. The molecule has 5 nitrogen and oxygen atoms in total. The number of amides is 1. The molecule has 4 N–H and O–H groups in total. The van der Waals surface area contributed by atoms with Gasteiger partial charge < -0.3 is 16.0 Å². The minimum atomic E-state index is -0.619. The first-order chi connectivity index (χ1) is 8.95. The Hall–Kier alpha value is -2.63. The zero-order chi connectivity index (χ0) is 14.0. The lowest BCUT2D eigenvalue weighted by Crippen LogP contribution is -2.21. The molecule has 6 heteroatoms. The molecular formula is C13H12FN3O2. The number of carbonyl (C=O) groups is 1. The molecule has 0 bridgehead atoms. The lowest BCUT2D eigenvalue weighted by Gasteiger charge is -2.06. The van der Waals surface area contributed by atoms with Crippen LogP contribution in [-0.4, -0.2) is 10.9 Å². The lowest BCUT2D eigenvalue weighted by molar-refractivity contribution is 0.102. The number of carbonyl (C=O) groups excluding carboxylic acids is 1. The highest BCUT2D eigenvalue weighted by Crippen LogP contribution is 2.15. The van der Waals surface area contributed by atoms with Gasteiger partial charge in [0.2, 0.25) is 0 Å². The molecule has 1 aromatic carbocycles. The number of anilines is 2. The first-order valence-electron chi connectivity index (χ1n) is 5.52. The number of aromatic nitrogens is 1. The van der Waals surface area contributed by atoms with Crippen LogP contribution in [0.2, 0.25) is 0 Å². The summed E-state index contributed by atoms with van der Waals surface area (Å²) in [6.07, 6.45) is 1.32. The van der Waals surface area contributed by atoms with Gasteiger partial charge in [0.05, 0.1) is 0 Å². The second-order valence-electron chi connectivity index (χ2n) is 4.12. The summed E-state index contributed by atoms with van der Waals surface area (Å²) in [6, 6.07) is 4.98. The standard InChI is InChI=1S/C13H12FN3O2/c1-7-2-12(18)11(6-16-7)13(19)17-10-4-8(14)3-9(15)5-10/h2-6H,15H2,1H3,(H,16,18)(H,17,19). The van der Waals surface area contributed by atoms with Gasteiger partial charge in [-0.25, -0.2) is 4.39 Å². The first kappa shape index (κ1) is 12.8. The van der Waals surface area contributed by atoms with Gasteiger partial charge >= 0.3 is 0 Å². The van der Waals surface area contributed by atoms with Crippen LogP contribution in [0.15, 0.2) is 35.3 Å². The molecule has 19 heavy (non-hydrogen) atoms. The molecule has 0 aliphatic heterocycles. The Labute approximate surface area is 108 Å². The van der Waals surface area contributed by atoms with E-state index in [-0.39, 0.29) is 16.9 Å². The van der Waals surface area contributed by atoms with E-state index in [4.69, 9.17) is 5.73 Å². The third-order valence-corrected chi connectivity index (χ3v) is 2.48. The van der Waals surface area contributed by atoms with Crippen molar-refractivity contribution < 1.29 is 9.18 Å². The predicted molar refractivity (Wildman–Crippen MR) is 70.6 cm³/mol. The number of benzene rings is 1. The van der Waals surface area contributed by atoms with Crippen LogP contribution >= 0.6 is 0 Å². The second-order valence-corrected chi connectivity index (χ2v) is 4.12. The van der Waals surface area contributed by atoms with Gasteiger partial charge in [0.1, 0.15) is 11.4 Å². The van der Waals surface area contributed by atoms with Gasteiger partial charge in [0.25, 0.3) is 5.91 Å². The summed E-state index contributed by atoms with van der Waals surface area (Å²) in [5.74, 6) is -1.18. The third kappa shape index (κ3) is 2.98. The number of hydrogen-bond acceptors (Lipinski definition) is 3. The number of pyridine rings is 1. The first-order valence-corrected chi connectivity index (χ1v) is 5.52. The number of nitrogens with one attached hydrogen (secondary N) is 2. The van der Waals surface area contributed by atoms with E-state index in [1.165, 1.54) is 18.3 Å². The maximum atomic E-state index is 13.1. The average Bonchev–Trinajstić information content (AvgIpc) is 2.26. The number of aryl methyl sites for hydroxylation is 1. The molecule has 0 aliphatic rings. The van der Waals surface area contributed by atoms with E-state index in [2.05, 4.69) is 10.3 Å². The number of rotatable bonds is 2. The molecule has 0 fully saturated rings. The Morgan fingerprint density at radius 2 is 2.05 bits per heavy atom. The number of nitrogen functional groups attached to an aromatic ring is 1. The summed E-state index contributed by atoms with van der Waals surface area (Å²) in [6.45, 7) is 1.70. The highest BCUT2D eigenvalue weighted by molar-refractivity contribution is 6.04. The van der Waals surface area contributed by atoms with Crippen LogP contribution in [0.5, 0.6) is 0 Å². The van der Waals surface area contributed by atoms with Crippen molar-refractivity contribution in [3.8, 4) is 0 Å². The van der Waals surface area contributed by atoms with Crippen molar-refractivity contribution in [3.63, 3.8) is 0 Å². The number of halogens is 1. The van der Waals surface area contributed by atoms with E-state index < -0.39 is 17.2 Å². The van der Waals surface area contributed by atoms with E-state index in [9.17, 15) is 14.0 Å². The summed E-state index contributed by atoms with van der Waals surface area (Å²) in [5.41, 5.74) is 6.05. The summed E-state index contributed by atoms with van der Waals surface area (Å²) in [7, 11) is 0. The van der Waals surface area contributed by atoms with Gasteiger partial charge in [-0.2, -0.15) is 0 Å². The van der Waals surface area contributed by atoms with Gasteiger partial charge in [-0.05, 0) is 25.1 Å². The topological polar surface area (TPSA) is 88.0 Å². The Balaban J connectivity index is 2.28. The molecule has 0 radical (unpaired) electrons. The van der Waals surface area contributed by atoms with Crippen LogP contribution in [-0.2, 0) is 0 Å². The molecule has 2 aromatic rings. The lowest BCUT2D eigenvalue weighted by atomic mass is 10.2. The SMILES string of the molecule is Cc1cc(=O)c(C(=O)Nc2cc(N)cc(F)c2)c[nH]1. The maximum absolute atomic E-state index is 13.1. The summed E-state index contributed by atoms with van der Waals surface area (Å²) < 4.78 is 13.1. The summed E-state index contributed by atoms with van der Waals surface area (Å²) in [5, 5.41) is 2.42. The Morgan fingerprint density at radius 1 is 1.32 bits per heavy atom. The van der Waals surface area contributed by atoms with Crippen molar-refractivity contribution in [2.45, 2.75) is 6.92 Å². The molecule has 0 saturated heterocycles. The van der Waals surface area contributed by atoms with Crippen LogP contribution in [0.25, 0.3) is 0 Å². The van der Waals surface area contributed by atoms with Crippen molar-refractivity contribution >= 4 is 17.3 Å². The van der Waals surface area contributed by atoms with Crippen LogP contribution < -0.4 is 16.5 Å². The predicted octanol–water partition coefficient (Wildman–Crippen LogP) is 1.66. The van der Waals surface area contributed by atoms with Gasteiger partial charge in [-0.1, -0.05) is 0 Å². The van der Waals surface area contributed by atoms with Gasteiger partial charge in [-0.3, -0.25) is 9.59 Å². The minimum absolute atomic E-state index is 0.0477. The molecule has 2 rings (SSSR count). The van der Waals surface area contributed by atoms with Crippen LogP contribution in [0.3, 0.4) is 0 Å². The maximum Gasteiger partial charge on any atom is 0.261 e. The zero-order valence-corrected chi connectivity index (χ0v) is 10.2. The van der Waals surface area contributed by atoms with Crippen molar-refractivity contribution in [1.82, 2.24) is 4.98 Å². The Morgan fingerprint density at radius 3 is 2.68 bits per heavy atom. The molecule has 0 spiro atoms. The van der Waals surface area contributed by atoms with Gasteiger partial charge in [0, 0.05) is 29.3 Å². The number of nitrogens with two attached hydrogens (primary N) is 1. The smallest absolute Gasteiger partial charge is 0.261 e. The molecule has 1 aromatic heterocycles.